The van der Waals surface area contributed by atoms with E-state index in [0.29, 0.717) is 5.69 Å². The Bertz CT molecular complexity index is 1030. The van der Waals surface area contributed by atoms with Crippen LogP contribution in [0, 0.1) is 5.82 Å². The third-order valence-electron chi connectivity index (χ3n) is 4.31. The van der Waals surface area contributed by atoms with Crippen molar-refractivity contribution in [2.45, 2.75) is 0 Å². The molecule has 3 aromatic carbocycles. The van der Waals surface area contributed by atoms with E-state index in [2.05, 4.69) is 0 Å². The second-order valence-electron chi connectivity index (χ2n) is 6.23. The van der Waals surface area contributed by atoms with Crippen molar-refractivity contribution in [3.8, 4) is 45.1 Å². The number of phenolic OH excluding ortho intramolecular Hbond substituents is 2. The zero-order valence-electron chi connectivity index (χ0n) is 14.3. The van der Waals surface area contributed by atoms with Crippen LogP contribution in [0.15, 0.2) is 84.9 Å². The highest BCUT2D eigenvalue weighted by Gasteiger charge is 2.10. The highest BCUT2D eigenvalue weighted by molar-refractivity contribution is 5.77. The number of nitrogens with zero attached hydrogens (tertiary/aromatic N) is 1. The van der Waals surface area contributed by atoms with Gasteiger partial charge in [0.05, 0.1) is 11.4 Å². The first-order valence-electron chi connectivity index (χ1n) is 8.45. The van der Waals surface area contributed by atoms with Crippen LogP contribution < -0.4 is 0 Å². The normalized spacial score (nSPS) is 10.7. The summed E-state index contributed by atoms with van der Waals surface area (Å²) in [6, 6.07) is 23.8. The Morgan fingerprint density at radius 1 is 0.556 bits per heavy atom. The number of phenols is 2. The van der Waals surface area contributed by atoms with Crippen LogP contribution in [0.1, 0.15) is 0 Å². The molecule has 0 saturated carbocycles. The molecule has 4 aromatic rings. The molecule has 3 nitrogen and oxygen atoms in total. The molecular weight excluding hydrogens is 341 g/mol. The van der Waals surface area contributed by atoms with E-state index in [-0.39, 0.29) is 17.3 Å². The summed E-state index contributed by atoms with van der Waals surface area (Å²) in [6.45, 7) is 0. The van der Waals surface area contributed by atoms with Crippen molar-refractivity contribution in [1.29, 1.82) is 0 Å². The molecule has 0 saturated heterocycles. The molecule has 0 aliphatic carbocycles. The monoisotopic (exact) mass is 357 g/mol. The van der Waals surface area contributed by atoms with Crippen LogP contribution in [-0.2, 0) is 0 Å². The Morgan fingerprint density at radius 3 is 1.85 bits per heavy atom. The summed E-state index contributed by atoms with van der Waals surface area (Å²) in [5.41, 5.74) is 4.77. The van der Waals surface area contributed by atoms with E-state index in [1.165, 1.54) is 12.1 Å². The second-order valence-corrected chi connectivity index (χ2v) is 6.23. The van der Waals surface area contributed by atoms with Gasteiger partial charge in [0.15, 0.2) is 0 Å². The first-order valence-corrected chi connectivity index (χ1v) is 8.45. The van der Waals surface area contributed by atoms with Crippen LogP contribution in [0.25, 0.3) is 33.6 Å². The predicted octanol–water partition coefficient (Wildman–Crippen LogP) is 5.63. The van der Waals surface area contributed by atoms with Crippen molar-refractivity contribution in [2.24, 2.45) is 0 Å². The fourth-order valence-electron chi connectivity index (χ4n) is 2.93. The standard InChI is InChI=1S/C23H16FNO2/c24-19-8-4-15(5-9-19)18-13-22(16-6-10-20(26)11-7-16)25-23(14-18)17-2-1-3-21(27)12-17/h1-14,26-27H. The SMILES string of the molecule is Oc1ccc(-c2cc(-c3ccc(F)cc3)cc(-c3cccc(O)c3)n2)cc1. The minimum atomic E-state index is -0.292. The molecule has 0 bridgehead atoms. The van der Waals surface area contributed by atoms with E-state index >= 15 is 0 Å². The van der Waals surface area contributed by atoms with E-state index in [1.807, 2.05) is 18.2 Å². The highest BCUT2D eigenvalue weighted by atomic mass is 19.1. The minimum absolute atomic E-state index is 0.160. The van der Waals surface area contributed by atoms with Crippen molar-refractivity contribution in [1.82, 2.24) is 4.98 Å². The average molecular weight is 357 g/mol. The van der Waals surface area contributed by atoms with Gasteiger partial charge >= 0.3 is 0 Å². The van der Waals surface area contributed by atoms with Crippen LogP contribution in [-0.4, -0.2) is 15.2 Å². The number of pyridine rings is 1. The molecule has 1 heterocycles. The molecule has 132 valence electrons. The van der Waals surface area contributed by atoms with Crippen molar-refractivity contribution < 1.29 is 14.6 Å². The van der Waals surface area contributed by atoms with Crippen LogP contribution in [0.5, 0.6) is 11.5 Å². The molecule has 0 radical (unpaired) electrons. The van der Waals surface area contributed by atoms with E-state index < -0.39 is 0 Å². The fraction of sp³-hybridized carbons (Fsp3) is 0. The molecule has 0 spiro atoms. The van der Waals surface area contributed by atoms with Gasteiger partial charge in [-0.15, -0.1) is 0 Å². The lowest BCUT2D eigenvalue weighted by atomic mass is 10.00. The van der Waals surface area contributed by atoms with Gasteiger partial charge in [-0.25, -0.2) is 9.37 Å². The number of benzene rings is 3. The predicted molar refractivity (Wildman–Crippen MR) is 104 cm³/mol. The van der Waals surface area contributed by atoms with E-state index in [4.69, 9.17) is 4.98 Å². The van der Waals surface area contributed by atoms with Gasteiger partial charge in [-0.1, -0.05) is 24.3 Å². The van der Waals surface area contributed by atoms with Gasteiger partial charge in [-0.3, -0.25) is 0 Å². The number of aromatic nitrogens is 1. The molecule has 0 amide bonds. The average Bonchev–Trinajstić information content (AvgIpc) is 2.69. The maximum absolute atomic E-state index is 13.3. The Labute approximate surface area is 156 Å². The Morgan fingerprint density at radius 2 is 1.19 bits per heavy atom. The Hall–Kier alpha value is -3.66. The first-order chi connectivity index (χ1) is 13.1. The largest absolute Gasteiger partial charge is 0.508 e. The van der Waals surface area contributed by atoms with Gasteiger partial charge < -0.3 is 10.2 Å². The lowest BCUT2D eigenvalue weighted by molar-refractivity contribution is 0.475. The summed E-state index contributed by atoms with van der Waals surface area (Å²) < 4.78 is 13.3. The Kier molecular flexibility index (Phi) is 4.30. The molecule has 1 aromatic heterocycles. The fourth-order valence-corrected chi connectivity index (χ4v) is 2.93. The van der Waals surface area contributed by atoms with E-state index in [0.717, 1.165) is 27.9 Å². The summed E-state index contributed by atoms with van der Waals surface area (Å²) >= 11 is 0. The maximum Gasteiger partial charge on any atom is 0.123 e. The second kappa shape index (κ2) is 6.92. The molecular formula is C23H16FNO2. The van der Waals surface area contributed by atoms with Crippen LogP contribution in [0.4, 0.5) is 4.39 Å². The zero-order chi connectivity index (χ0) is 18.8. The minimum Gasteiger partial charge on any atom is -0.508 e. The molecule has 0 aliphatic heterocycles. The molecule has 0 fully saturated rings. The molecule has 2 N–H and O–H groups in total. The van der Waals surface area contributed by atoms with Gasteiger partial charge in [0.25, 0.3) is 0 Å². The van der Waals surface area contributed by atoms with Gasteiger partial charge in [-0.2, -0.15) is 0 Å². The topological polar surface area (TPSA) is 53.4 Å². The number of hydrogen-bond acceptors (Lipinski definition) is 3. The maximum atomic E-state index is 13.3. The summed E-state index contributed by atoms with van der Waals surface area (Å²) in [5, 5.41) is 19.4. The van der Waals surface area contributed by atoms with E-state index in [9.17, 15) is 14.6 Å². The van der Waals surface area contributed by atoms with Crippen molar-refractivity contribution in [2.75, 3.05) is 0 Å². The van der Waals surface area contributed by atoms with Crippen molar-refractivity contribution >= 4 is 0 Å². The van der Waals surface area contributed by atoms with Gasteiger partial charge in [-0.05, 0) is 71.8 Å². The quantitative estimate of drug-likeness (QED) is 0.499. The van der Waals surface area contributed by atoms with Crippen LogP contribution >= 0.6 is 0 Å². The first kappa shape index (κ1) is 16.8. The number of hydrogen-bond donors (Lipinski definition) is 2. The number of rotatable bonds is 3. The molecule has 0 unspecified atom stereocenters. The number of halogens is 1. The molecule has 4 heteroatoms. The molecule has 27 heavy (non-hydrogen) atoms. The molecule has 4 rings (SSSR count). The van der Waals surface area contributed by atoms with Crippen LogP contribution in [0.3, 0.4) is 0 Å². The summed E-state index contributed by atoms with van der Waals surface area (Å²) in [4.78, 5) is 4.72. The zero-order valence-corrected chi connectivity index (χ0v) is 14.3. The van der Waals surface area contributed by atoms with Crippen molar-refractivity contribution in [3.63, 3.8) is 0 Å². The lowest BCUT2D eigenvalue weighted by Crippen LogP contribution is -1.91. The van der Waals surface area contributed by atoms with Crippen LogP contribution in [0.2, 0.25) is 0 Å². The molecule has 0 atom stereocenters. The third kappa shape index (κ3) is 3.65. The lowest BCUT2D eigenvalue weighted by Gasteiger charge is -2.11. The molecule has 0 aliphatic rings. The third-order valence-corrected chi connectivity index (χ3v) is 4.31. The van der Waals surface area contributed by atoms with Crippen molar-refractivity contribution in [3.05, 3.63) is 90.7 Å². The van der Waals surface area contributed by atoms with Gasteiger partial charge in [0.1, 0.15) is 17.3 Å². The highest BCUT2D eigenvalue weighted by Crippen LogP contribution is 2.31. The van der Waals surface area contributed by atoms with Gasteiger partial charge in [0, 0.05) is 11.1 Å². The summed E-state index contributed by atoms with van der Waals surface area (Å²) in [5.74, 6) is 0.0501. The van der Waals surface area contributed by atoms with E-state index in [1.54, 1.807) is 54.6 Å². The Balaban J connectivity index is 1.90. The smallest absolute Gasteiger partial charge is 0.123 e. The van der Waals surface area contributed by atoms with Gasteiger partial charge in [0.2, 0.25) is 0 Å². The summed E-state index contributed by atoms with van der Waals surface area (Å²) in [6.07, 6.45) is 0. The summed E-state index contributed by atoms with van der Waals surface area (Å²) in [7, 11) is 0. The number of aromatic hydroxyl groups is 2.